The molecule has 3 fully saturated rings. The van der Waals surface area contributed by atoms with Crippen LogP contribution in [0.5, 0.6) is 0 Å². The minimum atomic E-state index is 0.0368. The molecule has 5 heterocycles. The lowest BCUT2D eigenvalue weighted by Crippen LogP contribution is -2.43. The molecule has 0 bridgehead atoms. The molecule has 3 aromatic rings. The maximum absolute atomic E-state index is 13.1. The molecule has 2 amide bonds. The summed E-state index contributed by atoms with van der Waals surface area (Å²) in [6.07, 6.45) is 12.7. The van der Waals surface area contributed by atoms with Crippen molar-refractivity contribution >= 4 is 23.1 Å². The predicted octanol–water partition coefficient (Wildman–Crippen LogP) is 7.82. The van der Waals surface area contributed by atoms with Crippen LogP contribution in [0.25, 0.3) is 28.0 Å². The smallest absolute Gasteiger partial charge is 0.226 e. The zero-order valence-corrected chi connectivity index (χ0v) is 26.8. The predicted molar refractivity (Wildman–Crippen MR) is 179 cm³/mol. The van der Waals surface area contributed by atoms with E-state index in [4.69, 9.17) is 9.98 Å². The molecule has 4 aliphatic heterocycles. The summed E-state index contributed by atoms with van der Waals surface area (Å²) in [5.74, 6) is 1.84. The maximum atomic E-state index is 13.1. The summed E-state index contributed by atoms with van der Waals surface area (Å²) in [5.41, 5.74) is 7.94. The molecule has 7 heteroatoms. The number of hydrogen-bond acceptors (Lipinski definition) is 4. The highest BCUT2D eigenvalue weighted by atomic mass is 16.2. The van der Waals surface area contributed by atoms with Gasteiger partial charge in [0.2, 0.25) is 11.8 Å². The van der Waals surface area contributed by atoms with Crippen LogP contribution in [0.4, 0.5) is 0 Å². The van der Waals surface area contributed by atoms with E-state index in [1.54, 1.807) is 0 Å². The van der Waals surface area contributed by atoms with Crippen LogP contribution in [-0.2, 0) is 9.59 Å². The monoisotopic (exact) mass is 603 g/mol. The third kappa shape index (κ3) is 5.78. The van der Waals surface area contributed by atoms with E-state index in [0.29, 0.717) is 18.4 Å². The number of hydrogen-bond donors (Lipinski definition) is 1. The van der Waals surface area contributed by atoms with Gasteiger partial charge in [-0.3, -0.25) is 14.6 Å². The van der Waals surface area contributed by atoms with Gasteiger partial charge in [0.15, 0.2) is 0 Å². The van der Waals surface area contributed by atoms with Crippen molar-refractivity contribution in [1.82, 2.24) is 19.8 Å². The van der Waals surface area contributed by atoms with Crippen LogP contribution in [0.3, 0.4) is 0 Å². The maximum Gasteiger partial charge on any atom is 0.226 e. The van der Waals surface area contributed by atoms with Crippen molar-refractivity contribution in [3.05, 3.63) is 72.3 Å². The highest BCUT2D eigenvalue weighted by Crippen LogP contribution is 2.40. The van der Waals surface area contributed by atoms with Crippen molar-refractivity contribution in [3.8, 4) is 22.4 Å². The second-order valence-corrected chi connectivity index (χ2v) is 13.8. The number of aromatic amines is 1. The number of carbonyl (C=O) groups is 2. The molecule has 0 spiro atoms. The quantitative estimate of drug-likeness (QED) is 0.299. The number of rotatable bonds is 7. The second-order valence-electron chi connectivity index (χ2n) is 13.8. The Morgan fingerprint density at radius 2 is 1.56 bits per heavy atom. The first-order chi connectivity index (χ1) is 21.9. The molecular formula is C38H45N5O2. The molecule has 0 saturated carbocycles. The fourth-order valence-electron chi connectivity index (χ4n) is 7.72. The topological polar surface area (TPSA) is 81.7 Å². The lowest BCUT2D eigenvalue weighted by molar-refractivity contribution is -0.136. The molecule has 0 radical (unpaired) electrons. The van der Waals surface area contributed by atoms with Crippen LogP contribution < -0.4 is 0 Å². The number of likely N-dealkylation sites (tertiary alicyclic amines) is 1. The van der Waals surface area contributed by atoms with Crippen molar-refractivity contribution < 1.29 is 9.59 Å². The molecular weight excluding hydrogens is 558 g/mol. The molecule has 7 nitrogen and oxygen atoms in total. The number of nitrogens with zero attached hydrogens (tertiary/aromatic N) is 4. The molecule has 4 aliphatic rings. The number of aliphatic imine (C=N–C) groups is 1. The number of benzene rings is 2. The van der Waals surface area contributed by atoms with Gasteiger partial charge in [-0.05, 0) is 72.3 Å². The minimum absolute atomic E-state index is 0.0368. The number of fused-ring (bicyclic) bond motifs is 1. The van der Waals surface area contributed by atoms with E-state index in [9.17, 15) is 9.59 Å². The molecule has 2 aromatic carbocycles. The zero-order valence-electron chi connectivity index (χ0n) is 26.8. The molecule has 45 heavy (non-hydrogen) atoms. The van der Waals surface area contributed by atoms with Gasteiger partial charge in [-0.25, -0.2) is 4.98 Å². The lowest BCUT2D eigenvalue weighted by Gasteiger charge is -2.29. The number of amides is 2. The van der Waals surface area contributed by atoms with Gasteiger partial charge in [0.1, 0.15) is 5.82 Å². The summed E-state index contributed by atoms with van der Waals surface area (Å²) in [4.78, 5) is 43.3. The molecule has 1 aromatic heterocycles. The Morgan fingerprint density at radius 3 is 2.29 bits per heavy atom. The summed E-state index contributed by atoms with van der Waals surface area (Å²) in [5, 5.41) is 0. The van der Waals surface area contributed by atoms with Crippen LogP contribution in [0, 0.1) is 11.8 Å². The SMILES string of the molecule is CC(C)[C@H](C)C(=O)N1CCC[C@H]1C1=NC=C(c2ccc(-c3ccc(-c4cnc([C@@H]5CC[C@H]6CCCCC(=O)N65)[nH]4)cc3)cc2)C1. The molecule has 234 valence electrons. The highest BCUT2D eigenvalue weighted by molar-refractivity contribution is 6.03. The number of imidazole rings is 1. The molecule has 1 N–H and O–H groups in total. The van der Waals surface area contributed by atoms with Gasteiger partial charge in [0.05, 0.1) is 24.0 Å². The van der Waals surface area contributed by atoms with Gasteiger partial charge in [-0.1, -0.05) is 75.7 Å². The largest absolute Gasteiger partial charge is 0.340 e. The number of allylic oxidation sites excluding steroid dienone is 1. The van der Waals surface area contributed by atoms with Gasteiger partial charge >= 0.3 is 0 Å². The second kappa shape index (κ2) is 12.4. The average Bonchev–Trinajstić information content (AvgIpc) is 3.87. The van der Waals surface area contributed by atoms with Crippen molar-refractivity contribution in [1.29, 1.82) is 0 Å². The fraction of sp³-hybridized carbons (Fsp3) is 0.474. The van der Waals surface area contributed by atoms with Gasteiger partial charge in [0, 0.05) is 43.3 Å². The van der Waals surface area contributed by atoms with Crippen molar-refractivity contribution in [2.75, 3.05) is 6.54 Å². The Kier molecular flexibility index (Phi) is 8.19. The van der Waals surface area contributed by atoms with Gasteiger partial charge in [-0.2, -0.15) is 0 Å². The molecule has 4 atom stereocenters. The Hall–Kier alpha value is -4.00. The first-order valence-electron chi connectivity index (χ1n) is 17.0. The van der Waals surface area contributed by atoms with Crippen molar-refractivity contribution in [2.24, 2.45) is 16.8 Å². The Morgan fingerprint density at radius 1 is 0.844 bits per heavy atom. The molecule has 3 saturated heterocycles. The first-order valence-corrected chi connectivity index (χ1v) is 17.0. The lowest BCUT2D eigenvalue weighted by atomic mass is 9.94. The third-order valence-corrected chi connectivity index (χ3v) is 10.7. The number of H-pyrrole nitrogens is 1. The standard InChI is InChI=1S/C38H45N5O2/c1-24(2)25(3)38(45)42-20-6-8-34(42)32-21-30(22-39-32)28-12-10-26(11-13-28)27-14-16-29(17-15-27)33-23-40-37(41-33)35-19-18-31-7-4-5-9-36(44)43(31)35/h10-17,22-25,31,34-35H,4-9,18-21H2,1-3H3,(H,40,41)/t25-,31+,34-,35-/m0/s1. The van der Waals surface area contributed by atoms with Crippen LogP contribution in [-0.4, -0.2) is 55.9 Å². The molecule has 0 unspecified atom stereocenters. The first kappa shape index (κ1) is 29.7. The van der Waals surface area contributed by atoms with E-state index in [2.05, 4.69) is 84.1 Å². The van der Waals surface area contributed by atoms with Crippen LogP contribution in [0.2, 0.25) is 0 Å². The van der Waals surface area contributed by atoms with Gasteiger partial charge in [0.25, 0.3) is 0 Å². The van der Waals surface area contributed by atoms with Crippen molar-refractivity contribution in [3.63, 3.8) is 0 Å². The van der Waals surface area contributed by atoms with E-state index in [1.807, 2.05) is 12.4 Å². The van der Waals surface area contributed by atoms with Crippen LogP contribution in [0.15, 0.2) is 65.9 Å². The summed E-state index contributed by atoms with van der Waals surface area (Å²) < 4.78 is 0. The van der Waals surface area contributed by atoms with E-state index >= 15 is 0 Å². The Bertz CT molecular complexity index is 1620. The minimum Gasteiger partial charge on any atom is -0.340 e. The zero-order chi connectivity index (χ0) is 31.1. The fourth-order valence-corrected chi connectivity index (χ4v) is 7.72. The number of aromatic nitrogens is 2. The van der Waals surface area contributed by atoms with E-state index in [0.717, 1.165) is 86.3 Å². The molecule has 7 rings (SSSR count). The number of carbonyl (C=O) groups excluding carboxylic acids is 2. The Balaban J connectivity index is 0.988. The van der Waals surface area contributed by atoms with Gasteiger partial charge < -0.3 is 14.8 Å². The summed E-state index contributed by atoms with van der Waals surface area (Å²) in [7, 11) is 0. The number of nitrogens with one attached hydrogen (secondary N) is 1. The average molecular weight is 604 g/mol. The van der Waals surface area contributed by atoms with Crippen LogP contribution in [0.1, 0.15) is 96.0 Å². The highest BCUT2D eigenvalue weighted by Gasteiger charge is 2.40. The van der Waals surface area contributed by atoms with Gasteiger partial charge in [-0.15, -0.1) is 0 Å². The summed E-state index contributed by atoms with van der Waals surface area (Å²) >= 11 is 0. The van der Waals surface area contributed by atoms with E-state index in [-0.39, 0.29) is 29.8 Å². The Labute approximate surface area is 266 Å². The normalized spacial score (nSPS) is 24.1. The summed E-state index contributed by atoms with van der Waals surface area (Å²) in [6.45, 7) is 7.14. The summed E-state index contributed by atoms with van der Waals surface area (Å²) in [6, 6.07) is 17.9. The molecule has 0 aliphatic carbocycles. The van der Waals surface area contributed by atoms with Crippen LogP contribution >= 0.6 is 0 Å². The van der Waals surface area contributed by atoms with E-state index < -0.39 is 0 Å². The van der Waals surface area contributed by atoms with E-state index in [1.165, 1.54) is 16.7 Å². The third-order valence-electron chi connectivity index (χ3n) is 10.7. The van der Waals surface area contributed by atoms with Crippen molar-refractivity contribution in [2.45, 2.75) is 96.7 Å².